The van der Waals surface area contributed by atoms with E-state index in [0.717, 1.165) is 23.5 Å². The molecule has 0 radical (unpaired) electrons. The van der Waals surface area contributed by atoms with Crippen molar-refractivity contribution in [1.29, 1.82) is 0 Å². The van der Waals surface area contributed by atoms with Crippen molar-refractivity contribution < 1.29 is 32.2 Å². The molecule has 1 amide bonds. The fraction of sp³-hybridized carbons (Fsp3) is 0.238. The molecule has 0 spiro atoms. The van der Waals surface area contributed by atoms with Crippen molar-refractivity contribution in [3.63, 3.8) is 0 Å². The van der Waals surface area contributed by atoms with Crippen LogP contribution in [-0.4, -0.2) is 32.2 Å². The molecule has 1 aromatic heterocycles. The summed E-state index contributed by atoms with van der Waals surface area (Å²) >= 11 is 7.19. The van der Waals surface area contributed by atoms with E-state index in [1.165, 1.54) is 39.7 Å². The van der Waals surface area contributed by atoms with E-state index in [1.807, 2.05) is 0 Å². The van der Waals surface area contributed by atoms with E-state index >= 15 is 0 Å². The number of aromatic nitrogens is 1. The molecule has 0 aliphatic rings. The Morgan fingerprint density at radius 1 is 1.09 bits per heavy atom. The number of benzene rings is 2. The summed E-state index contributed by atoms with van der Waals surface area (Å²) in [6.07, 6.45) is -2.86. The van der Waals surface area contributed by atoms with Gasteiger partial charge in [-0.15, -0.1) is 11.3 Å². The Morgan fingerprint density at radius 2 is 1.81 bits per heavy atom. The summed E-state index contributed by atoms with van der Waals surface area (Å²) < 4.78 is 54.7. The largest absolute Gasteiger partial charge is 0.493 e. The van der Waals surface area contributed by atoms with E-state index in [0.29, 0.717) is 16.2 Å². The van der Waals surface area contributed by atoms with E-state index in [-0.39, 0.29) is 33.6 Å². The van der Waals surface area contributed by atoms with Gasteiger partial charge >= 0.3 is 6.18 Å². The predicted octanol–water partition coefficient (Wildman–Crippen LogP) is 5.68. The van der Waals surface area contributed by atoms with Gasteiger partial charge in [0.2, 0.25) is 5.75 Å². The number of rotatable bonds is 7. The van der Waals surface area contributed by atoms with Gasteiger partial charge in [0.15, 0.2) is 16.6 Å². The lowest BCUT2D eigenvalue weighted by Gasteiger charge is -2.15. The summed E-state index contributed by atoms with van der Waals surface area (Å²) in [7, 11) is 4.28. The first-order valence-corrected chi connectivity index (χ1v) is 10.3. The third-order valence-electron chi connectivity index (χ3n) is 4.46. The van der Waals surface area contributed by atoms with Crippen LogP contribution in [0.5, 0.6) is 17.2 Å². The van der Waals surface area contributed by atoms with Crippen LogP contribution in [0, 0.1) is 0 Å². The van der Waals surface area contributed by atoms with Crippen LogP contribution in [-0.2, 0) is 12.6 Å². The number of thiazole rings is 1. The molecule has 32 heavy (non-hydrogen) atoms. The molecule has 0 aliphatic carbocycles. The van der Waals surface area contributed by atoms with Gasteiger partial charge in [-0.25, -0.2) is 4.98 Å². The second-order valence-electron chi connectivity index (χ2n) is 6.45. The Balaban J connectivity index is 1.80. The Morgan fingerprint density at radius 3 is 2.44 bits per heavy atom. The van der Waals surface area contributed by atoms with Crippen molar-refractivity contribution in [2.75, 3.05) is 26.6 Å². The predicted molar refractivity (Wildman–Crippen MR) is 115 cm³/mol. The van der Waals surface area contributed by atoms with Gasteiger partial charge in [-0.05, 0) is 35.9 Å². The second-order valence-corrected chi connectivity index (χ2v) is 7.97. The van der Waals surface area contributed by atoms with Crippen LogP contribution < -0.4 is 19.5 Å². The monoisotopic (exact) mass is 486 g/mol. The Hall–Kier alpha value is -2.98. The number of ether oxygens (including phenoxy) is 3. The van der Waals surface area contributed by atoms with Crippen molar-refractivity contribution in [1.82, 2.24) is 4.98 Å². The summed E-state index contributed by atoms with van der Waals surface area (Å²) in [6, 6.07) is 6.24. The Kier molecular flexibility index (Phi) is 7.15. The van der Waals surface area contributed by atoms with Crippen LogP contribution >= 0.6 is 22.9 Å². The normalized spacial score (nSPS) is 11.2. The zero-order valence-corrected chi connectivity index (χ0v) is 18.7. The lowest BCUT2D eigenvalue weighted by atomic mass is 10.1. The van der Waals surface area contributed by atoms with Crippen molar-refractivity contribution in [3.8, 4) is 17.2 Å². The standard InChI is InChI=1S/C21H18ClF3N2O4S/c1-29-16-7-5-14(17(30-2)18(16)31-3)19(28)27-20-26-10-13(32-20)9-11-8-12(21(23,24)25)4-6-15(11)22/h4-8,10H,9H2,1-3H3,(H,26,27,28). The van der Waals surface area contributed by atoms with E-state index in [2.05, 4.69) is 10.3 Å². The molecule has 0 saturated heterocycles. The van der Waals surface area contributed by atoms with Gasteiger partial charge in [0.1, 0.15) is 0 Å². The maximum Gasteiger partial charge on any atom is 0.416 e. The smallest absolute Gasteiger partial charge is 0.416 e. The topological polar surface area (TPSA) is 69.7 Å². The third-order valence-corrected chi connectivity index (χ3v) is 5.74. The number of hydrogen-bond acceptors (Lipinski definition) is 6. The highest BCUT2D eigenvalue weighted by molar-refractivity contribution is 7.15. The SMILES string of the molecule is COc1ccc(C(=O)Nc2ncc(Cc3cc(C(F)(F)F)ccc3Cl)s2)c(OC)c1OC. The van der Waals surface area contributed by atoms with Gasteiger partial charge in [-0.1, -0.05) is 11.6 Å². The molecule has 2 aromatic carbocycles. The lowest BCUT2D eigenvalue weighted by molar-refractivity contribution is -0.137. The average Bonchev–Trinajstić information content (AvgIpc) is 3.19. The van der Waals surface area contributed by atoms with Crippen LogP contribution in [0.1, 0.15) is 26.4 Å². The minimum absolute atomic E-state index is 0.135. The summed E-state index contributed by atoms with van der Waals surface area (Å²) in [5.41, 5.74) is -0.275. The van der Waals surface area contributed by atoms with Crippen LogP contribution in [0.15, 0.2) is 36.5 Å². The number of nitrogens with one attached hydrogen (secondary N) is 1. The van der Waals surface area contributed by atoms with Gasteiger partial charge in [0.25, 0.3) is 5.91 Å². The molecule has 0 saturated carbocycles. The molecular weight excluding hydrogens is 469 g/mol. The molecule has 3 aromatic rings. The first-order chi connectivity index (χ1) is 15.2. The second kappa shape index (κ2) is 9.66. The molecule has 170 valence electrons. The van der Waals surface area contributed by atoms with Crippen molar-refractivity contribution in [2.24, 2.45) is 0 Å². The minimum atomic E-state index is -4.47. The van der Waals surface area contributed by atoms with E-state index in [1.54, 1.807) is 6.07 Å². The number of carbonyl (C=O) groups is 1. The maximum atomic E-state index is 13.0. The Labute approximate surface area is 190 Å². The van der Waals surface area contributed by atoms with Crippen LogP contribution in [0.2, 0.25) is 5.02 Å². The Bertz CT molecular complexity index is 1130. The van der Waals surface area contributed by atoms with Gasteiger partial charge < -0.3 is 14.2 Å². The lowest BCUT2D eigenvalue weighted by Crippen LogP contribution is -2.13. The van der Waals surface area contributed by atoms with Gasteiger partial charge in [-0.3, -0.25) is 10.1 Å². The molecule has 0 bridgehead atoms. The summed E-state index contributed by atoms with van der Waals surface area (Å²) in [5, 5.41) is 3.14. The van der Waals surface area contributed by atoms with E-state index < -0.39 is 17.6 Å². The summed E-state index contributed by atoms with van der Waals surface area (Å²) in [5.74, 6) is 0.356. The highest BCUT2D eigenvalue weighted by atomic mass is 35.5. The maximum absolute atomic E-state index is 13.0. The molecule has 0 fully saturated rings. The number of hydrogen-bond donors (Lipinski definition) is 1. The molecule has 11 heteroatoms. The number of anilines is 1. The first kappa shape index (κ1) is 23.7. The van der Waals surface area contributed by atoms with E-state index in [4.69, 9.17) is 25.8 Å². The molecule has 0 atom stereocenters. The zero-order valence-electron chi connectivity index (χ0n) is 17.2. The minimum Gasteiger partial charge on any atom is -0.493 e. The quantitative estimate of drug-likeness (QED) is 0.465. The fourth-order valence-corrected chi connectivity index (χ4v) is 3.98. The number of alkyl halides is 3. The highest BCUT2D eigenvalue weighted by Gasteiger charge is 2.31. The molecule has 1 heterocycles. The van der Waals surface area contributed by atoms with Crippen molar-refractivity contribution in [2.45, 2.75) is 12.6 Å². The molecule has 3 rings (SSSR count). The number of methoxy groups -OCH3 is 3. The number of amides is 1. The average molecular weight is 487 g/mol. The molecule has 0 aliphatic heterocycles. The van der Waals surface area contributed by atoms with Crippen LogP contribution in [0.3, 0.4) is 0 Å². The first-order valence-electron chi connectivity index (χ1n) is 9.08. The van der Waals surface area contributed by atoms with Gasteiger partial charge in [0, 0.05) is 22.5 Å². The van der Waals surface area contributed by atoms with Gasteiger partial charge in [0.05, 0.1) is 32.5 Å². The molecular formula is C21H18ClF3N2O4S. The van der Waals surface area contributed by atoms with Crippen LogP contribution in [0.4, 0.5) is 18.3 Å². The number of carbonyl (C=O) groups excluding carboxylic acids is 1. The summed E-state index contributed by atoms with van der Waals surface area (Å²) in [6.45, 7) is 0. The molecule has 1 N–H and O–H groups in total. The fourth-order valence-electron chi connectivity index (χ4n) is 2.97. The van der Waals surface area contributed by atoms with Crippen molar-refractivity contribution in [3.05, 3.63) is 63.1 Å². The summed E-state index contributed by atoms with van der Waals surface area (Å²) in [4.78, 5) is 17.5. The number of halogens is 4. The van der Waals surface area contributed by atoms with E-state index in [9.17, 15) is 18.0 Å². The van der Waals surface area contributed by atoms with Crippen molar-refractivity contribution >= 4 is 34.0 Å². The third kappa shape index (κ3) is 5.08. The molecule has 0 unspecified atom stereocenters. The zero-order chi connectivity index (χ0) is 23.5. The van der Waals surface area contributed by atoms with Crippen LogP contribution in [0.25, 0.3) is 0 Å². The number of nitrogens with zero attached hydrogens (tertiary/aromatic N) is 1. The van der Waals surface area contributed by atoms with Gasteiger partial charge in [-0.2, -0.15) is 13.2 Å². The highest BCUT2D eigenvalue weighted by Crippen LogP contribution is 2.40. The molecule has 6 nitrogen and oxygen atoms in total.